The van der Waals surface area contributed by atoms with Crippen LogP contribution < -0.4 is 5.32 Å². The van der Waals surface area contributed by atoms with E-state index in [-0.39, 0.29) is 17.2 Å². The van der Waals surface area contributed by atoms with Crippen LogP contribution in [0.15, 0.2) is 24.3 Å². The SMILES string of the molecule is O=C1NC(=S)C2(C3CCCCC3)C=CC=CC12. The van der Waals surface area contributed by atoms with Crippen molar-refractivity contribution in [3.8, 4) is 0 Å². The predicted octanol–water partition coefficient (Wildman–Crippen LogP) is 2.75. The molecule has 1 saturated carbocycles. The molecule has 1 aliphatic heterocycles. The molecular formula is C14H17NOS. The van der Waals surface area contributed by atoms with Crippen molar-refractivity contribution in [3.63, 3.8) is 0 Å². The number of carbonyl (C=O) groups is 1. The fourth-order valence-electron chi connectivity index (χ4n) is 3.63. The Morgan fingerprint density at radius 2 is 2.00 bits per heavy atom. The van der Waals surface area contributed by atoms with Crippen LogP contribution in [0.1, 0.15) is 32.1 Å². The molecule has 17 heavy (non-hydrogen) atoms. The number of fused-ring (bicyclic) bond motifs is 1. The third-order valence-electron chi connectivity index (χ3n) is 4.49. The number of nitrogens with one attached hydrogen (secondary N) is 1. The van der Waals surface area contributed by atoms with Crippen LogP contribution >= 0.6 is 12.2 Å². The lowest BCUT2D eigenvalue weighted by Crippen LogP contribution is -2.41. The maximum Gasteiger partial charge on any atom is 0.233 e. The van der Waals surface area contributed by atoms with Crippen LogP contribution in [0.2, 0.25) is 0 Å². The van der Waals surface area contributed by atoms with Crippen molar-refractivity contribution in [2.75, 3.05) is 0 Å². The van der Waals surface area contributed by atoms with Crippen LogP contribution in [0.5, 0.6) is 0 Å². The van der Waals surface area contributed by atoms with Gasteiger partial charge in [0.2, 0.25) is 5.91 Å². The number of carbonyl (C=O) groups excluding carboxylic acids is 1. The van der Waals surface area contributed by atoms with Gasteiger partial charge in [-0.25, -0.2) is 0 Å². The fraction of sp³-hybridized carbons (Fsp3) is 0.571. The molecule has 3 aliphatic rings. The summed E-state index contributed by atoms with van der Waals surface area (Å²) in [5.41, 5.74) is -0.207. The van der Waals surface area contributed by atoms with Crippen molar-refractivity contribution in [2.24, 2.45) is 17.3 Å². The standard InChI is InChI=1S/C14H17NOS/c16-12-11-8-4-5-9-14(11,13(17)15-12)10-6-2-1-3-7-10/h4-5,8-11H,1-3,6-7H2,(H,15,16,17). The van der Waals surface area contributed by atoms with Gasteiger partial charge in [-0.1, -0.05) is 55.8 Å². The minimum Gasteiger partial charge on any atom is -0.319 e. The summed E-state index contributed by atoms with van der Waals surface area (Å²) in [4.78, 5) is 12.7. The Morgan fingerprint density at radius 1 is 1.24 bits per heavy atom. The molecule has 0 bridgehead atoms. The maximum atomic E-state index is 12.0. The van der Waals surface area contributed by atoms with E-state index in [0.29, 0.717) is 5.92 Å². The molecule has 2 nitrogen and oxygen atoms in total. The van der Waals surface area contributed by atoms with Gasteiger partial charge in [0, 0.05) is 0 Å². The van der Waals surface area contributed by atoms with E-state index >= 15 is 0 Å². The van der Waals surface area contributed by atoms with Gasteiger partial charge in [-0.05, 0) is 18.8 Å². The molecule has 1 heterocycles. The normalized spacial score (nSPS) is 37.1. The van der Waals surface area contributed by atoms with Crippen molar-refractivity contribution in [2.45, 2.75) is 32.1 Å². The lowest BCUT2D eigenvalue weighted by molar-refractivity contribution is -0.122. The summed E-state index contributed by atoms with van der Waals surface area (Å²) in [5, 5.41) is 2.89. The molecule has 2 atom stereocenters. The third kappa shape index (κ3) is 1.52. The molecule has 3 rings (SSSR count). The minimum atomic E-state index is -0.207. The fourth-order valence-corrected chi connectivity index (χ4v) is 4.09. The molecule has 0 spiro atoms. The van der Waals surface area contributed by atoms with E-state index in [1.165, 1.54) is 32.1 Å². The van der Waals surface area contributed by atoms with E-state index in [0.717, 1.165) is 4.99 Å². The lowest BCUT2D eigenvalue weighted by Gasteiger charge is -2.40. The Kier molecular flexibility index (Phi) is 2.66. The summed E-state index contributed by atoms with van der Waals surface area (Å²) in [6, 6.07) is 0. The van der Waals surface area contributed by atoms with Gasteiger partial charge in [0.1, 0.15) is 0 Å². The zero-order valence-corrected chi connectivity index (χ0v) is 10.6. The van der Waals surface area contributed by atoms with Crippen LogP contribution in [0.3, 0.4) is 0 Å². The molecule has 1 N–H and O–H groups in total. The Balaban J connectivity index is 2.01. The van der Waals surface area contributed by atoms with Crippen LogP contribution in [-0.4, -0.2) is 10.9 Å². The van der Waals surface area contributed by atoms with E-state index in [2.05, 4.69) is 17.5 Å². The summed E-state index contributed by atoms with van der Waals surface area (Å²) in [7, 11) is 0. The average molecular weight is 247 g/mol. The monoisotopic (exact) mass is 247 g/mol. The van der Waals surface area contributed by atoms with Crippen molar-refractivity contribution >= 4 is 23.1 Å². The van der Waals surface area contributed by atoms with E-state index in [4.69, 9.17) is 12.2 Å². The second-order valence-electron chi connectivity index (χ2n) is 5.31. The van der Waals surface area contributed by atoms with Crippen molar-refractivity contribution < 1.29 is 4.79 Å². The van der Waals surface area contributed by atoms with Crippen molar-refractivity contribution in [3.05, 3.63) is 24.3 Å². The smallest absolute Gasteiger partial charge is 0.233 e. The van der Waals surface area contributed by atoms with E-state index in [9.17, 15) is 4.79 Å². The predicted molar refractivity (Wildman–Crippen MR) is 71.5 cm³/mol. The van der Waals surface area contributed by atoms with Crippen LogP contribution in [-0.2, 0) is 4.79 Å². The van der Waals surface area contributed by atoms with Crippen molar-refractivity contribution in [1.29, 1.82) is 0 Å². The van der Waals surface area contributed by atoms with Gasteiger partial charge in [0.15, 0.2) is 0 Å². The Bertz CT molecular complexity index is 420. The number of thiocarbonyl (C=S) groups is 1. The van der Waals surface area contributed by atoms with E-state index < -0.39 is 0 Å². The highest BCUT2D eigenvalue weighted by Gasteiger charge is 2.54. The lowest BCUT2D eigenvalue weighted by atomic mass is 9.62. The first-order valence-electron chi connectivity index (χ1n) is 6.46. The summed E-state index contributed by atoms with van der Waals surface area (Å²) >= 11 is 5.47. The topological polar surface area (TPSA) is 29.1 Å². The van der Waals surface area contributed by atoms with Gasteiger partial charge in [0.25, 0.3) is 0 Å². The van der Waals surface area contributed by atoms with E-state index in [1.807, 2.05) is 12.2 Å². The molecule has 2 aliphatic carbocycles. The molecule has 0 radical (unpaired) electrons. The highest BCUT2D eigenvalue weighted by Crippen LogP contribution is 2.50. The quantitative estimate of drug-likeness (QED) is 0.722. The summed E-state index contributed by atoms with van der Waals surface area (Å²) in [6.07, 6.45) is 14.5. The molecule has 90 valence electrons. The molecule has 1 saturated heterocycles. The van der Waals surface area contributed by atoms with Crippen LogP contribution in [0.25, 0.3) is 0 Å². The zero-order valence-electron chi connectivity index (χ0n) is 9.82. The number of amides is 1. The van der Waals surface area contributed by atoms with Gasteiger partial charge in [-0.3, -0.25) is 4.79 Å². The first-order valence-corrected chi connectivity index (χ1v) is 6.87. The minimum absolute atomic E-state index is 0.0666. The second kappa shape index (κ2) is 4.05. The average Bonchev–Trinajstić information content (AvgIpc) is 2.64. The number of hydrogen-bond donors (Lipinski definition) is 1. The second-order valence-corrected chi connectivity index (χ2v) is 5.72. The Morgan fingerprint density at radius 3 is 2.76 bits per heavy atom. The molecule has 1 amide bonds. The Labute approximate surface area is 107 Å². The number of hydrogen-bond acceptors (Lipinski definition) is 2. The van der Waals surface area contributed by atoms with Crippen molar-refractivity contribution in [1.82, 2.24) is 5.32 Å². The van der Waals surface area contributed by atoms with Crippen LogP contribution in [0, 0.1) is 17.3 Å². The molecule has 3 heteroatoms. The summed E-state index contributed by atoms with van der Waals surface area (Å²) in [5.74, 6) is 0.554. The van der Waals surface area contributed by atoms with E-state index in [1.54, 1.807) is 0 Å². The first-order chi connectivity index (χ1) is 8.25. The van der Waals surface area contributed by atoms with Gasteiger partial charge in [0.05, 0.1) is 16.3 Å². The largest absolute Gasteiger partial charge is 0.319 e. The molecule has 2 fully saturated rings. The molecule has 2 unspecified atom stereocenters. The molecular weight excluding hydrogens is 230 g/mol. The maximum absolute atomic E-state index is 12.0. The Hall–Kier alpha value is -0.960. The number of rotatable bonds is 1. The highest BCUT2D eigenvalue weighted by atomic mass is 32.1. The highest BCUT2D eigenvalue weighted by molar-refractivity contribution is 7.80. The molecule has 0 aromatic rings. The summed E-state index contributed by atoms with van der Waals surface area (Å²) in [6.45, 7) is 0. The molecule has 0 aromatic heterocycles. The van der Waals surface area contributed by atoms with Crippen LogP contribution in [0.4, 0.5) is 0 Å². The first kappa shape index (κ1) is 11.1. The van der Waals surface area contributed by atoms with Gasteiger partial charge < -0.3 is 5.32 Å². The molecule has 0 aromatic carbocycles. The van der Waals surface area contributed by atoms with Gasteiger partial charge in [-0.2, -0.15) is 0 Å². The van der Waals surface area contributed by atoms with Gasteiger partial charge in [-0.15, -0.1) is 0 Å². The third-order valence-corrected chi connectivity index (χ3v) is 4.95. The van der Waals surface area contributed by atoms with Gasteiger partial charge >= 0.3 is 0 Å². The summed E-state index contributed by atoms with van der Waals surface area (Å²) < 4.78 is 0. The zero-order chi connectivity index (χ0) is 11.9. The number of allylic oxidation sites excluding steroid dienone is 2.